The largest absolute Gasteiger partial charge is 0.198 e. The summed E-state index contributed by atoms with van der Waals surface area (Å²) in [4.78, 5) is 0. The second-order valence-electron chi connectivity index (χ2n) is 4.73. The maximum atomic E-state index is 8.94. The highest BCUT2D eigenvalue weighted by Gasteiger charge is 2.13. The van der Waals surface area contributed by atoms with Crippen LogP contribution in [-0.4, -0.2) is 0 Å². The summed E-state index contributed by atoms with van der Waals surface area (Å²) in [6.45, 7) is 6.53. The van der Waals surface area contributed by atoms with Gasteiger partial charge >= 0.3 is 0 Å². The van der Waals surface area contributed by atoms with Gasteiger partial charge in [-0.2, -0.15) is 5.26 Å². The fraction of sp³-hybridized carbons (Fsp3) is 0.471. The molecule has 0 bridgehead atoms. The zero-order valence-electron chi connectivity index (χ0n) is 11.7. The highest BCUT2D eigenvalue weighted by molar-refractivity contribution is 5.67. The Morgan fingerprint density at radius 2 is 2.06 bits per heavy atom. The molecule has 1 rings (SSSR count). The molecule has 1 aromatic rings. The lowest BCUT2D eigenvalue weighted by molar-refractivity contribution is 0.679. The van der Waals surface area contributed by atoms with E-state index in [4.69, 9.17) is 5.26 Å². The van der Waals surface area contributed by atoms with Gasteiger partial charge in [-0.1, -0.05) is 50.6 Å². The third-order valence-electron chi connectivity index (χ3n) is 3.40. The van der Waals surface area contributed by atoms with Crippen LogP contribution in [0.15, 0.2) is 30.3 Å². The molecule has 1 heteroatoms. The number of allylic oxidation sites excluding steroid dienone is 2. The molecule has 18 heavy (non-hydrogen) atoms. The van der Waals surface area contributed by atoms with E-state index in [0.29, 0.717) is 12.3 Å². The van der Waals surface area contributed by atoms with Crippen molar-refractivity contribution in [1.29, 1.82) is 5.26 Å². The zero-order valence-corrected chi connectivity index (χ0v) is 11.7. The van der Waals surface area contributed by atoms with Crippen molar-refractivity contribution in [1.82, 2.24) is 0 Å². The van der Waals surface area contributed by atoms with E-state index in [9.17, 15) is 0 Å². The van der Waals surface area contributed by atoms with E-state index in [1.165, 1.54) is 23.1 Å². The van der Waals surface area contributed by atoms with Crippen LogP contribution in [0.2, 0.25) is 0 Å². The highest BCUT2D eigenvalue weighted by atomic mass is 14.3. The van der Waals surface area contributed by atoms with Crippen molar-refractivity contribution in [3.63, 3.8) is 0 Å². The maximum absolute atomic E-state index is 8.94. The van der Waals surface area contributed by atoms with E-state index in [1.54, 1.807) is 0 Å². The SMILES string of the molecule is CCC/C=C(/C)c1ccccc1C(CC)CC#N. The quantitative estimate of drug-likeness (QED) is 0.663. The van der Waals surface area contributed by atoms with Crippen LogP contribution in [-0.2, 0) is 0 Å². The summed E-state index contributed by atoms with van der Waals surface area (Å²) in [5, 5.41) is 8.94. The number of hydrogen-bond acceptors (Lipinski definition) is 1. The monoisotopic (exact) mass is 241 g/mol. The number of nitrogens with zero attached hydrogens (tertiary/aromatic N) is 1. The average molecular weight is 241 g/mol. The van der Waals surface area contributed by atoms with Crippen LogP contribution in [0.3, 0.4) is 0 Å². The molecule has 0 amide bonds. The second kappa shape index (κ2) is 7.71. The number of nitriles is 1. The summed E-state index contributed by atoms with van der Waals surface area (Å²) in [5.41, 5.74) is 3.98. The number of hydrogen-bond donors (Lipinski definition) is 0. The fourth-order valence-electron chi connectivity index (χ4n) is 2.27. The normalized spacial score (nSPS) is 13.1. The van der Waals surface area contributed by atoms with Crippen LogP contribution in [0.4, 0.5) is 0 Å². The lowest BCUT2D eigenvalue weighted by Gasteiger charge is -2.17. The van der Waals surface area contributed by atoms with Gasteiger partial charge < -0.3 is 0 Å². The van der Waals surface area contributed by atoms with E-state index in [2.05, 4.69) is 57.2 Å². The topological polar surface area (TPSA) is 23.8 Å². The summed E-state index contributed by atoms with van der Waals surface area (Å²) in [6.07, 6.45) is 6.22. The average Bonchev–Trinajstić information content (AvgIpc) is 2.42. The van der Waals surface area contributed by atoms with Crippen LogP contribution < -0.4 is 0 Å². The van der Waals surface area contributed by atoms with Crippen molar-refractivity contribution >= 4 is 5.57 Å². The molecule has 0 saturated carbocycles. The molecule has 0 radical (unpaired) electrons. The summed E-state index contributed by atoms with van der Waals surface area (Å²) in [7, 11) is 0. The van der Waals surface area contributed by atoms with Gasteiger partial charge in [0.1, 0.15) is 0 Å². The number of benzene rings is 1. The molecule has 1 unspecified atom stereocenters. The van der Waals surface area contributed by atoms with Gasteiger partial charge in [0.2, 0.25) is 0 Å². The minimum Gasteiger partial charge on any atom is -0.198 e. The summed E-state index contributed by atoms with van der Waals surface area (Å²) in [6, 6.07) is 10.8. The van der Waals surface area contributed by atoms with Gasteiger partial charge in [-0.3, -0.25) is 0 Å². The van der Waals surface area contributed by atoms with E-state index in [1.807, 2.05) is 0 Å². The molecule has 0 N–H and O–H groups in total. The van der Waals surface area contributed by atoms with Gasteiger partial charge in [-0.15, -0.1) is 0 Å². The first-order valence-electron chi connectivity index (χ1n) is 6.87. The van der Waals surface area contributed by atoms with Gasteiger partial charge in [0, 0.05) is 6.42 Å². The molecule has 1 atom stereocenters. The zero-order chi connectivity index (χ0) is 13.4. The van der Waals surface area contributed by atoms with E-state index >= 15 is 0 Å². The van der Waals surface area contributed by atoms with Gasteiger partial charge in [0.25, 0.3) is 0 Å². The van der Waals surface area contributed by atoms with Crippen molar-refractivity contribution in [2.45, 2.75) is 52.4 Å². The predicted molar refractivity (Wildman–Crippen MR) is 78.3 cm³/mol. The van der Waals surface area contributed by atoms with E-state index < -0.39 is 0 Å². The van der Waals surface area contributed by atoms with Crippen LogP contribution in [0, 0.1) is 11.3 Å². The minimum atomic E-state index is 0.358. The highest BCUT2D eigenvalue weighted by Crippen LogP contribution is 2.30. The summed E-state index contributed by atoms with van der Waals surface area (Å²) < 4.78 is 0. The molecular weight excluding hydrogens is 218 g/mol. The lowest BCUT2D eigenvalue weighted by atomic mass is 9.87. The van der Waals surface area contributed by atoms with Gasteiger partial charge in [-0.05, 0) is 42.4 Å². The molecule has 0 spiro atoms. The Hall–Kier alpha value is -1.55. The van der Waals surface area contributed by atoms with E-state index in [-0.39, 0.29) is 0 Å². The van der Waals surface area contributed by atoms with Crippen molar-refractivity contribution in [3.05, 3.63) is 41.5 Å². The molecule has 0 aliphatic carbocycles. The Bertz CT molecular complexity index is 437. The van der Waals surface area contributed by atoms with Crippen molar-refractivity contribution in [2.75, 3.05) is 0 Å². The van der Waals surface area contributed by atoms with Gasteiger partial charge in [0.15, 0.2) is 0 Å². The number of rotatable bonds is 6. The van der Waals surface area contributed by atoms with Gasteiger partial charge in [0.05, 0.1) is 6.07 Å². The second-order valence-corrected chi connectivity index (χ2v) is 4.73. The molecule has 0 aromatic heterocycles. The molecule has 0 aliphatic heterocycles. The Balaban J connectivity index is 3.09. The van der Waals surface area contributed by atoms with Gasteiger partial charge in [-0.25, -0.2) is 0 Å². The molecular formula is C17H23N. The van der Waals surface area contributed by atoms with Crippen LogP contribution in [0.25, 0.3) is 5.57 Å². The van der Waals surface area contributed by atoms with Crippen molar-refractivity contribution < 1.29 is 0 Å². The number of unbranched alkanes of at least 4 members (excludes halogenated alkanes) is 1. The Morgan fingerprint density at radius 3 is 2.67 bits per heavy atom. The molecule has 0 saturated heterocycles. The summed E-state index contributed by atoms with van der Waals surface area (Å²) in [5.74, 6) is 0.358. The fourth-order valence-corrected chi connectivity index (χ4v) is 2.27. The van der Waals surface area contributed by atoms with E-state index in [0.717, 1.165) is 12.8 Å². The Morgan fingerprint density at radius 1 is 1.33 bits per heavy atom. The van der Waals surface area contributed by atoms with Crippen molar-refractivity contribution in [2.24, 2.45) is 0 Å². The Labute approximate surface area is 111 Å². The van der Waals surface area contributed by atoms with Crippen molar-refractivity contribution in [3.8, 4) is 6.07 Å². The third kappa shape index (κ3) is 3.74. The van der Waals surface area contributed by atoms with Crippen LogP contribution in [0.1, 0.15) is 63.5 Å². The first kappa shape index (κ1) is 14.5. The molecule has 0 fully saturated rings. The maximum Gasteiger partial charge on any atom is 0.0628 e. The van der Waals surface area contributed by atoms with Crippen LogP contribution >= 0.6 is 0 Å². The first-order chi connectivity index (χ1) is 8.74. The third-order valence-corrected chi connectivity index (χ3v) is 3.40. The first-order valence-corrected chi connectivity index (χ1v) is 6.87. The smallest absolute Gasteiger partial charge is 0.0628 e. The summed E-state index contributed by atoms with van der Waals surface area (Å²) >= 11 is 0. The molecule has 0 heterocycles. The standard InChI is InChI=1S/C17H23N/c1-4-6-9-14(3)16-10-7-8-11-17(16)15(5-2)12-13-18/h7-11,15H,4-6,12H2,1-3H3/b14-9-. The molecule has 1 nitrogen and oxygen atoms in total. The Kier molecular flexibility index (Phi) is 6.22. The molecule has 96 valence electrons. The molecule has 0 aliphatic rings. The minimum absolute atomic E-state index is 0.358. The predicted octanol–water partition coefficient (Wildman–Crippen LogP) is 5.30. The lowest BCUT2D eigenvalue weighted by Crippen LogP contribution is -2.00. The van der Waals surface area contributed by atoms with Crippen LogP contribution in [0.5, 0.6) is 0 Å². The molecule has 1 aromatic carbocycles.